The van der Waals surface area contributed by atoms with E-state index in [2.05, 4.69) is 15.4 Å². The fourth-order valence-corrected chi connectivity index (χ4v) is 4.59. The number of anilines is 1. The van der Waals surface area contributed by atoms with E-state index < -0.39 is 11.6 Å². The molecule has 0 aromatic carbocycles. The normalized spacial score (nSPS) is 30.0. The van der Waals surface area contributed by atoms with Gasteiger partial charge in [0.15, 0.2) is 5.82 Å². The minimum atomic E-state index is -1.86. The summed E-state index contributed by atoms with van der Waals surface area (Å²) in [6.45, 7) is 1.30. The first-order chi connectivity index (χ1) is 12.6. The maximum atomic E-state index is 14.9. The number of aromatic nitrogens is 3. The number of hydrogen-bond acceptors (Lipinski definition) is 5. The molecule has 1 saturated carbocycles. The standard InChI is InChI=1S/C18H22FN5O2/c19-18(6-8-26-11-18)16(25)23-9-14(17(10-23)4-2-5-17)22-15-13-3-1-7-24(13)21-12-20-15/h1,3,7,12,14H,2,4-6,8-11H2,(H,20,21,22). The summed E-state index contributed by atoms with van der Waals surface area (Å²) in [4.78, 5) is 18.9. The molecule has 1 N–H and O–H groups in total. The molecule has 1 aliphatic carbocycles. The van der Waals surface area contributed by atoms with Crippen molar-refractivity contribution in [3.63, 3.8) is 0 Å². The van der Waals surface area contributed by atoms with E-state index in [9.17, 15) is 9.18 Å². The number of hydrogen-bond donors (Lipinski definition) is 1. The van der Waals surface area contributed by atoms with Crippen LogP contribution in [0.2, 0.25) is 0 Å². The van der Waals surface area contributed by atoms with Gasteiger partial charge in [0, 0.05) is 31.1 Å². The van der Waals surface area contributed by atoms with Gasteiger partial charge in [-0.1, -0.05) is 6.42 Å². The third kappa shape index (κ3) is 2.31. The van der Waals surface area contributed by atoms with Crippen molar-refractivity contribution in [3.05, 3.63) is 24.7 Å². The zero-order valence-corrected chi connectivity index (χ0v) is 14.5. The van der Waals surface area contributed by atoms with Crippen LogP contribution in [0.4, 0.5) is 10.2 Å². The SMILES string of the molecule is O=C(N1CC(Nc2ncnn3cccc23)C2(CCC2)C1)C1(F)CCOC1. The number of halogens is 1. The minimum Gasteiger partial charge on any atom is -0.377 e. The molecule has 8 heteroatoms. The van der Waals surface area contributed by atoms with Crippen LogP contribution in [-0.4, -0.2) is 63.4 Å². The molecule has 7 nitrogen and oxygen atoms in total. The van der Waals surface area contributed by atoms with Gasteiger partial charge in [-0.2, -0.15) is 5.10 Å². The lowest BCUT2D eigenvalue weighted by atomic mass is 9.65. The van der Waals surface area contributed by atoms with Crippen LogP contribution in [0.15, 0.2) is 24.7 Å². The van der Waals surface area contributed by atoms with Crippen molar-refractivity contribution in [2.45, 2.75) is 37.4 Å². The Morgan fingerprint density at radius 1 is 1.38 bits per heavy atom. The Morgan fingerprint density at radius 2 is 2.27 bits per heavy atom. The van der Waals surface area contributed by atoms with Gasteiger partial charge in [0.25, 0.3) is 5.91 Å². The molecule has 1 amide bonds. The summed E-state index contributed by atoms with van der Waals surface area (Å²) < 4.78 is 21.8. The molecule has 2 aromatic heterocycles. The molecule has 4 heterocycles. The number of likely N-dealkylation sites (tertiary alicyclic amines) is 1. The summed E-state index contributed by atoms with van der Waals surface area (Å²) in [6.07, 6.45) is 6.80. The highest BCUT2D eigenvalue weighted by Crippen LogP contribution is 2.49. The molecule has 1 spiro atoms. The predicted octanol–water partition coefficient (Wildman–Crippen LogP) is 1.65. The van der Waals surface area contributed by atoms with Crippen molar-refractivity contribution in [2.75, 3.05) is 31.6 Å². The van der Waals surface area contributed by atoms with Gasteiger partial charge >= 0.3 is 0 Å². The predicted molar refractivity (Wildman–Crippen MR) is 92.5 cm³/mol. The van der Waals surface area contributed by atoms with Crippen LogP contribution in [0.25, 0.3) is 5.52 Å². The highest BCUT2D eigenvalue weighted by molar-refractivity contribution is 5.86. The molecule has 138 valence electrons. The quantitative estimate of drug-likeness (QED) is 0.902. The minimum absolute atomic E-state index is 0.0139. The monoisotopic (exact) mass is 359 g/mol. The van der Waals surface area contributed by atoms with Crippen molar-refractivity contribution in [1.29, 1.82) is 0 Å². The van der Waals surface area contributed by atoms with Gasteiger partial charge in [-0.05, 0) is 25.0 Å². The zero-order valence-electron chi connectivity index (χ0n) is 14.5. The van der Waals surface area contributed by atoms with Crippen molar-refractivity contribution in [2.24, 2.45) is 5.41 Å². The highest BCUT2D eigenvalue weighted by Gasteiger charge is 2.55. The molecule has 2 aliphatic heterocycles. The lowest BCUT2D eigenvalue weighted by Crippen LogP contribution is -2.47. The Labute approximate surface area is 150 Å². The van der Waals surface area contributed by atoms with E-state index in [0.29, 0.717) is 19.7 Å². The number of nitrogens with one attached hydrogen (secondary N) is 1. The van der Waals surface area contributed by atoms with Crippen LogP contribution in [0.1, 0.15) is 25.7 Å². The van der Waals surface area contributed by atoms with Gasteiger partial charge in [0.05, 0.1) is 19.3 Å². The highest BCUT2D eigenvalue weighted by atomic mass is 19.1. The Morgan fingerprint density at radius 3 is 3.00 bits per heavy atom. The number of carbonyl (C=O) groups excluding carboxylic acids is 1. The molecule has 3 aliphatic rings. The number of ether oxygens (including phenoxy) is 1. The molecule has 3 fully saturated rings. The topological polar surface area (TPSA) is 71.8 Å². The van der Waals surface area contributed by atoms with Gasteiger partial charge < -0.3 is 15.0 Å². The number of rotatable bonds is 3. The summed E-state index contributed by atoms with van der Waals surface area (Å²) >= 11 is 0. The molecule has 5 rings (SSSR count). The number of amides is 1. The Kier molecular flexibility index (Phi) is 3.47. The van der Waals surface area contributed by atoms with Gasteiger partial charge in [0.2, 0.25) is 5.67 Å². The third-order valence-corrected chi connectivity index (χ3v) is 6.29. The lowest BCUT2D eigenvalue weighted by Gasteiger charge is -2.43. The average molecular weight is 359 g/mol. The van der Waals surface area contributed by atoms with Crippen LogP contribution in [-0.2, 0) is 9.53 Å². The van der Waals surface area contributed by atoms with Gasteiger partial charge in [-0.25, -0.2) is 13.9 Å². The summed E-state index contributed by atoms with van der Waals surface area (Å²) in [5.41, 5.74) is -0.943. The second-order valence-electron chi connectivity index (χ2n) is 7.81. The number of alkyl halides is 1. The molecule has 2 unspecified atom stereocenters. The Bertz CT molecular complexity index is 843. The molecule has 26 heavy (non-hydrogen) atoms. The molecule has 0 radical (unpaired) electrons. The summed E-state index contributed by atoms with van der Waals surface area (Å²) in [7, 11) is 0. The summed E-state index contributed by atoms with van der Waals surface area (Å²) in [5.74, 6) is 0.343. The van der Waals surface area contributed by atoms with Crippen LogP contribution in [0.3, 0.4) is 0 Å². The Balaban J connectivity index is 1.40. The maximum Gasteiger partial charge on any atom is 0.262 e. The van der Waals surface area contributed by atoms with Crippen molar-refractivity contribution in [3.8, 4) is 0 Å². The second kappa shape index (κ2) is 5.64. The van der Waals surface area contributed by atoms with E-state index in [4.69, 9.17) is 4.74 Å². The first-order valence-corrected chi connectivity index (χ1v) is 9.21. The first kappa shape index (κ1) is 16.0. The average Bonchev–Trinajstić information content (AvgIpc) is 3.32. The molecule has 2 saturated heterocycles. The molecule has 2 atom stereocenters. The van der Waals surface area contributed by atoms with Crippen LogP contribution < -0.4 is 5.32 Å². The van der Waals surface area contributed by atoms with Gasteiger partial charge in [-0.15, -0.1) is 0 Å². The maximum absolute atomic E-state index is 14.9. The van der Waals surface area contributed by atoms with Crippen molar-refractivity contribution >= 4 is 17.2 Å². The fraction of sp³-hybridized carbons (Fsp3) is 0.611. The third-order valence-electron chi connectivity index (χ3n) is 6.29. The van der Waals surface area contributed by atoms with E-state index in [-0.39, 0.29) is 24.5 Å². The number of fused-ring (bicyclic) bond motifs is 1. The molecule has 0 bridgehead atoms. The summed E-state index contributed by atoms with van der Waals surface area (Å²) in [5, 5.41) is 7.72. The fourth-order valence-electron chi connectivity index (χ4n) is 4.59. The van der Waals surface area contributed by atoms with Gasteiger partial charge in [0.1, 0.15) is 11.8 Å². The van der Waals surface area contributed by atoms with Gasteiger partial charge in [-0.3, -0.25) is 4.79 Å². The zero-order chi connectivity index (χ0) is 17.8. The van der Waals surface area contributed by atoms with E-state index in [1.54, 1.807) is 9.42 Å². The van der Waals surface area contributed by atoms with Crippen molar-refractivity contribution in [1.82, 2.24) is 19.5 Å². The largest absolute Gasteiger partial charge is 0.377 e. The van der Waals surface area contributed by atoms with Crippen molar-refractivity contribution < 1.29 is 13.9 Å². The summed E-state index contributed by atoms with van der Waals surface area (Å²) in [6, 6.07) is 3.95. The molecular weight excluding hydrogens is 337 g/mol. The Hall–Kier alpha value is -2.22. The van der Waals surface area contributed by atoms with E-state index in [0.717, 1.165) is 30.6 Å². The van der Waals surface area contributed by atoms with Crippen LogP contribution in [0, 0.1) is 5.41 Å². The van der Waals surface area contributed by atoms with E-state index in [1.165, 1.54) is 6.33 Å². The smallest absolute Gasteiger partial charge is 0.262 e. The second-order valence-corrected chi connectivity index (χ2v) is 7.81. The number of carbonyl (C=O) groups is 1. The number of nitrogens with zero attached hydrogens (tertiary/aromatic N) is 4. The first-order valence-electron chi connectivity index (χ1n) is 9.21. The van der Waals surface area contributed by atoms with E-state index >= 15 is 0 Å². The van der Waals surface area contributed by atoms with Crippen LogP contribution >= 0.6 is 0 Å². The molecular formula is C18H22FN5O2. The molecule has 2 aromatic rings. The van der Waals surface area contributed by atoms with Crippen LogP contribution in [0.5, 0.6) is 0 Å². The van der Waals surface area contributed by atoms with E-state index in [1.807, 2.05) is 18.3 Å². The lowest BCUT2D eigenvalue weighted by molar-refractivity contribution is -0.143.